The minimum absolute atomic E-state index is 0.254. The Hall–Kier alpha value is -6.42. The number of fused-ring (bicyclic) bond motifs is 12. The van der Waals surface area contributed by atoms with Crippen molar-refractivity contribution in [1.82, 2.24) is 0 Å². The first-order valence-electron chi connectivity index (χ1n) is 19.9. The van der Waals surface area contributed by atoms with Crippen molar-refractivity contribution in [3.63, 3.8) is 0 Å². The average Bonchev–Trinajstić information content (AvgIpc) is 3.82. The van der Waals surface area contributed by atoms with Gasteiger partial charge in [0.25, 0.3) is 0 Å². The molecule has 0 fully saturated rings. The quantitative estimate of drug-likeness (QED) is 0.167. The molecule has 11 rings (SSSR count). The lowest BCUT2D eigenvalue weighted by atomic mass is 9.72. The zero-order chi connectivity index (χ0) is 38.5. The van der Waals surface area contributed by atoms with Crippen molar-refractivity contribution < 1.29 is 0 Å². The highest BCUT2D eigenvalue weighted by Crippen LogP contribution is 2.64. The molecule has 0 amide bonds. The van der Waals surface area contributed by atoms with Gasteiger partial charge in [0.05, 0.1) is 0 Å². The summed E-state index contributed by atoms with van der Waals surface area (Å²) in [7, 11) is 0. The van der Waals surface area contributed by atoms with Crippen molar-refractivity contribution in [3.8, 4) is 22.3 Å². The molecular formula is C54H42N2S. The van der Waals surface area contributed by atoms with E-state index in [1.165, 1.54) is 76.1 Å². The number of anilines is 6. The molecule has 0 N–H and O–H groups in total. The van der Waals surface area contributed by atoms with E-state index in [1.807, 2.05) is 11.3 Å². The Morgan fingerprint density at radius 1 is 0.386 bits per heavy atom. The number of para-hydroxylation sites is 4. The zero-order valence-corrected chi connectivity index (χ0v) is 33.4. The third kappa shape index (κ3) is 4.95. The second-order valence-electron chi connectivity index (χ2n) is 16.5. The van der Waals surface area contributed by atoms with Crippen LogP contribution in [0.25, 0.3) is 42.4 Å². The maximum atomic E-state index is 2.48. The van der Waals surface area contributed by atoms with Crippen LogP contribution in [0, 0.1) is 0 Å². The molecule has 274 valence electrons. The van der Waals surface area contributed by atoms with Crippen molar-refractivity contribution in [2.24, 2.45) is 0 Å². The molecule has 0 bridgehead atoms. The van der Waals surface area contributed by atoms with Crippen LogP contribution in [-0.4, -0.2) is 0 Å². The fraction of sp³-hybridized carbons (Fsp3) is 0.111. The molecule has 0 unspecified atom stereocenters. The molecule has 57 heavy (non-hydrogen) atoms. The largest absolute Gasteiger partial charge is 0.310 e. The topological polar surface area (TPSA) is 6.48 Å². The van der Waals surface area contributed by atoms with E-state index < -0.39 is 0 Å². The monoisotopic (exact) mass is 750 g/mol. The Morgan fingerprint density at radius 3 is 1.23 bits per heavy atom. The lowest BCUT2D eigenvalue weighted by molar-refractivity contribution is 0.602. The summed E-state index contributed by atoms with van der Waals surface area (Å²) in [5.41, 5.74) is 17.7. The summed E-state index contributed by atoms with van der Waals surface area (Å²) >= 11 is 1.96. The highest BCUT2D eigenvalue weighted by molar-refractivity contribution is 7.26. The minimum Gasteiger partial charge on any atom is -0.310 e. The molecule has 0 atom stereocenters. The summed E-state index contributed by atoms with van der Waals surface area (Å²) in [6.07, 6.45) is 0. The number of rotatable bonds is 6. The summed E-state index contributed by atoms with van der Waals surface area (Å²) in [6.45, 7) is 9.86. The first kappa shape index (κ1) is 33.9. The van der Waals surface area contributed by atoms with Crippen LogP contribution in [0.4, 0.5) is 34.1 Å². The molecule has 9 aromatic rings. The van der Waals surface area contributed by atoms with Crippen LogP contribution in [0.2, 0.25) is 0 Å². The molecule has 0 radical (unpaired) electrons. The Morgan fingerprint density at radius 2 is 0.772 bits per heavy atom. The Balaban J connectivity index is 1.16. The molecule has 3 heteroatoms. The molecule has 0 saturated carbocycles. The SMILES string of the molecule is CC1(C)c2cc(N(c3ccccc3)c3ccccc3)ccc2-c2c1c1c(c3c2sc2ccccc23)-c2ccc(N(c3ccccc3)c3ccccc3)cc2C1(C)C. The van der Waals surface area contributed by atoms with Gasteiger partial charge in [-0.05, 0) is 118 Å². The lowest BCUT2D eigenvalue weighted by Crippen LogP contribution is -2.24. The molecule has 2 aliphatic carbocycles. The number of hydrogen-bond donors (Lipinski definition) is 0. The average molecular weight is 751 g/mol. The molecular weight excluding hydrogens is 709 g/mol. The molecule has 2 aliphatic rings. The fourth-order valence-corrected chi connectivity index (χ4v) is 11.3. The second kappa shape index (κ2) is 12.5. The Bertz CT molecular complexity index is 2920. The normalized spacial score (nSPS) is 14.2. The van der Waals surface area contributed by atoms with Crippen molar-refractivity contribution in [1.29, 1.82) is 0 Å². The van der Waals surface area contributed by atoms with Crippen LogP contribution >= 0.6 is 11.3 Å². The van der Waals surface area contributed by atoms with Crippen LogP contribution < -0.4 is 9.80 Å². The van der Waals surface area contributed by atoms with Crippen molar-refractivity contribution >= 4 is 65.6 Å². The molecule has 0 aliphatic heterocycles. The number of nitrogens with zero attached hydrogens (tertiary/aromatic N) is 2. The van der Waals surface area contributed by atoms with Crippen LogP contribution in [0.5, 0.6) is 0 Å². The standard InChI is InChI=1S/C54H42N2S/c1-53(2)44-33-39(55(35-19-9-5-10-20-35)36-21-11-6-12-22-36)29-31-41(44)47-48-43-27-17-18-28-46(43)57-52(48)49-42-32-30-40(34-45(42)54(3,4)51(49)50(47)53)56(37-23-13-7-14-24-37)38-25-15-8-16-26-38/h5-34H,1-4H3. The lowest BCUT2D eigenvalue weighted by Gasteiger charge is -2.32. The van der Waals surface area contributed by atoms with E-state index in [0.29, 0.717) is 0 Å². The van der Waals surface area contributed by atoms with E-state index in [9.17, 15) is 0 Å². The number of benzene rings is 8. The first-order chi connectivity index (χ1) is 27.8. The number of hydrogen-bond acceptors (Lipinski definition) is 3. The van der Waals surface area contributed by atoms with Gasteiger partial charge in [0.1, 0.15) is 0 Å². The van der Waals surface area contributed by atoms with Crippen LogP contribution in [0.15, 0.2) is 182 Å². The Labute approximate surface area is 338 Å². The van der Waals surface area contributed by atoms with E-state index in [-0.39, 0.29) is 10.8 Å². The van der Waals surface area contributed by atoms with Gasteiger partial charge in [-0.15, -0.1) is 11.3 Å². The van der Waals surface area contributed by atoms with Gasteiger partial charge in [0.15, 0.2) is 0 Å². The molecule has 1 aromatic heterocycles. The van der Waals surface area contributed by atoms with Gasteiger partial charge in [-0.1, -0.05) is 131 Å². The highest BCUT2D eigenvalue weighted by Gasteiger charge is 2.48. The van der Waals surface area contributed by atoms with Crippen LogP contribution in [0.1, 0.15) is 49.9 Å². The zero-order valence-electron chi connectivity index (χ0n) is 32.6. The van der Waals surface area contributed by atoms with Gasteiger partial charge in [-0.25, -0.2) is 0 Å². The van der Waals surface area contributed by atoms with Crippen LogP contribution in [0.3, 0.4) is 0 Å². The summed E-state index contributed by atoms with van der Waals surface area (Å²) < 4.78 is 2.74. The minimum atomic E-state index is -0.261. The van der Waals surface area contributed by atoms with E-state index in [1.54, 1.807) is 0 Å². The molecule has 1 heterocycles. The second-order valence-corrected chi connectivity index (χ2v) is 17.6. The Kier molecular flexibility index (Phi) is 7.46. The predicted octanol–water partition coefficient (Wildman–Crippen LogP) is 15.6. The van der Waals surface area contributed by atoms with E-state index >= 15 is 0 Å². The smallest absolute Gasteiger partial charge is 0.0465 e. The van der Waals surface area contributed by atoms with Gasteiger partial charge in [-0.3, -0.25) is 0 Å². The fourth-order valence-electron chi connectivity index (χ4n) is 10.0. The number of thiophene rings is 1. The summed E-state index contributed by atoms with van der Waals surface area (Å²) in [5.74, 6) is 0. The van der Waals surface area contributed by atoms with Crippen molar-refractivity contribution in [3.05, 3.63) is 204 Å². The summed E-state index contributed by atoms with van der Waals surface area (Å²) in [6, 6.07) is 66.6. The van der Waals surface area contributed by atoms with Crippen molar-refractivity contribution in [2.45, 2.75) is 38.5 Å². The molecule has 0 saturated heterocycles. The summed E-state index contributed by atoms with van der Waals surface area (Å²) in [4.78, 5) is 4.79. The highest BCUT2D eigenvalue weighted by atomic mass is 32.1. The maximum absolute atomic E-state index is 2.48. The van der Waals surface area contributed by atoms with Gasteiger partial charge < -0.3 is 9.80 Å². The predicted molar refractivity (Wildman–Crippen MR) is 244 cm³/mol. The van der Waals surface area contributed by atoms with Crippen molar-refractivity contribution in [2.75, 3.05) is 9.80 Å². The van der Waals surface area contributed by atoms with Crippen LogP contribution in [-0.2, 0) is 10.8 Å². The third-order valence-electron chi connectivity index (χ3n) is 12.5. The summed E-state index contributed by atoms with van der Waals surface area (Å²) in [5, 5.41) is 2.75. The third-order valence-corrected chi connectivity index (χ3v) is 13.7. The molecule has 2 nitrogen and oxygen atoms in total. The maximum Gasteiger partial charge on any atom is 0.0465 e. The van der Waals surface area contributed by atoms with Gasteiger partial charge in [0, 0.05) is 70.7 Å². The molecule has 8 aromatic carbocycles. The van der Waals surface area contributed by atoms with Gasteiger partial charge in [-0.2, -0.15) is 0 Å². The van der Waals surface area contributed by atoms with E-state index in [0.717, 1.165) is 22.7 Å². The van der Waals surface area contributed by atoms with Gasteiger partial charge in [0.2, 0.25) is 0 Å². The molecule has 0 spiro atoms. The van der Waals surface area contributed by atoms with Gasteiger partial charge >= 0.3 is 0 Å². The van der Waals surface area contributed by atoms with E-state index in [4.69, 9.17) is 0 Å². The first-order valence-corrected chi connectivity index (χ1v) is 20.8. The van der Waals surface area contributed by atoms with E-state index in [2.05, 4.69) is 219 Å².